The standard InChI is InChI=1S/C23H21N3O3/c1-23(13-14-26(21(23)28)15-19-20(27)25-22(29)24-19)18-11-9-17(10-12-18)8-7-16-5-3-2-4-6-16/h2-6,9-12,27H,13-15H2,1H3,(H2,24,25,29). The summed E-state index contributed by atoms with van der Waals surface area (Å²) in [6.45, 7) is 2.65. The van der Waals surface area contributed by atoms with E-state index in [1.54, 1.807) is 4.90 Å². The van der Waals surface area contributed by atoms with Crippen molar-refractivity contribution in [1.82, 2.24) is 14.9 Å². The van der Waals surface area contributed by atoms with Crippen molar-refractivity contribution >= 4 is 5.91 Å². The number of amides is 1. The summed E-state index contributed by atoms with van der Waals surface area (Å²) in [4.78, 5) is 30.8. The minimum absolute atomic E-state index is 0.0259. The van der Waals surface area contributed by atoms with Gasteiger partial charge in [-0.15, -0.1) is 0 Å². The molecule has 1 atom stereocenters. The second-order valence-electron chi connectivity index (χ2n) is 7.41. The van der Waals surface area contributed by atoms with Crippen LogP contribution in [0.15, 0.2) is 59.4 Å². The smallest absolute Gasteiger partial charge is 0.326 e. The third-order valence-electron chi connectivity index (χ3n) is 5.42. The van der Waals surface area contributed by atoms with Gasteiger partial charge >= 0.3 is 5.69 Å². The molecule has 3 aromatic rings. The molecular formula is C23H21N3O3. The molecule has 1 unspecified atom stereocenters. The van der Waals surface area contributed by atoms with Crippen molar-refractivity contribution in [3.63, 3.8) is 0 Å². The summed E-state index contributed by atoms with van der Waals surface area (Å²) in [5.74, 6) is 6.02. The number of hydrogen-bond acceptors (Lipinski definition) is 3. The van der Waals surface area contributed by atoms with Gasteiger partial charge in [-0.1, -0.05) is 42.2 Å². The molecule has 0 spiro atoms. The number of carbonyl (C=O) groups excluding carboxylic acids is 1. The minimum Gasteiger partial charge on any atom is -0.493 e. The summed E-state index contributed by atoms with van der Waals surface area (Å²) in [6, 6.07) is 17.6. The number of aromatic hydroxyl groups is 1. The van der Waals surface area contributed by atoms with Crippen molar-refractivity contribution in [3.8, 4) is 17.7 Å². The predicted molar refractivity (Wildman–Crippen MR) is 109 cm³/mol. The molecule has 0 radical (unpaired) electrons. The Bertz CT molecular complexity index is 1150. The molecule has 0 aliphatic carbocycles. The highest BCUT2D eigenvalue weighted by molar-refractivity contribution is 5.90. The van der Waals surface area contributed by atoms with Gasteiger partial charge in [-0.3, -0.25) is 9.78 Å². The van der Waals surface area contributed by atoms with Crippen LogP contribution in [-0.2, 0) is 16.8 Å². The summed E-state index contributed by atoms with van der Waals surface area (Å²) >= 11 is 0. The van der Waals surface area contributed by atoms with Gasteiger partial charge < -0.3 is 15.0 Å². The lowest BCUT2D eigenvalue weighted by molar-refractivity contribution is -0.132. The zero-order chi connectivity index (χ0) is 20.4. The van der Waals surface area contributed by atoms with E-state index in [-0.39, 0.29) is 18.3 Å². The molecule has 1 aromatic heterocycles. The summed E-state index contributed by atoms with van der Waals surface area (Å²) in [5.41, 5.74) is 1.97. The van der Waals surface area contributed by atoms with Gasteiger partial charge in [0.25, 0.3) is 0 Å². The van der Waals surface area contributed by atoms with Crippen LogP contribution in [0.5, 0.6) is 5.88 Å². The van der Waals surface area contributed by atoms with E-state index in [0.717, 1.165) is 16.7 Å². The van der Waals surface area contributed by atoms with E-state index < -0.39 is 11.1 Å². The van der Waals surface area contributed by atoms with E-state index in [9.17, 15) is 14.7 Å². The molecule has 6 nitrogen and oxygen atoms in total. The maximum Gasteiger partial charge on any atom is 0.326 e. The van der Waals surface area contributed by atoms with Crippen molar-refractivity contribution in [2.45, 2.75) is 25.3 Å². The SMILES string of the molecule is CC1(c2ccc(C#Cc3ccccc3)cc2)CCN(Cc2[nH]c(=O)[nH]c2O)C1=O. The number of aromatic nitrogens is 2. The van der Waals surface area contributed by atoms with E-state index in [2.05, 4.69) is 21.8 Å². The summed E-state index contributed by atoms with van der Waals surface area (Å²) in [7, 11) is 0. The van der Waals surface area contributed by atoms with Gasteiger partial charge in [0.15, 0.2) is 0 Å². The average molecular weight is 387 g/mol. The van der Waals surface area contributed by atoms with Crippen molar-refractivity contribution in [2.75, 3.05) is 6.54 Å². The van der Waals surface area contributed by atoms with E-state index in [0.29, 0.717) is 18.7 Å². The number of rotatable bonds is 3. The number of hydrogen-bond donors (Lipinski definition) is 3. The normalized spacial score (nSPS) is 18.5. The molecule has 29 heavy (non-hydrogen) atoms. The lowest BCUT2D eigenvalue weighted by atomic mass is 9.81. The van der Waals surface area contributed by atoms with Crippen LogP contribution in [0.25, 0.3) is 0 Å². The minimum atomic E-state index is -0.641. The van der Waals surface area contributed by atoms with Crippen molar-refractivity contribution < 1.29 is 9.90 Å². The number of aromatic amines is 2. The number of nitrogens with one attached hydrogen (secondary N) is 2. The molecule has 2 heterocycles. The molecule has 6 heteroatoms. The molecular weight excluding hydrogens is 366 g/mol. The second kappa shape index (κ2) is 7.36. The van der Waals surface area contributed by atoms with Crippen LogP contribution in [-0.4, -0.2) is 32.4 Å². The van der Waals surface area contributed by atoms with Crippen LogP contribution in [0.3, 0.4) is 0 Å². The summed E-state index contributed by atoms with van der Waals surface area (Å²) < 4.78 is 0. The van der Waals surface area contributed by atoms with Gasteiger partial charge in [-0.2, -0.15) is 0 Å². The molecule has 0 saturated carbocycles. The molecule has 4 rings (SSSR count). The molecule has 3 N–H and O–H groups in total. The fourth-order valence-corrected chi connectivity index (χ4v) is 3.64. The van der Waals surface area contributed by atoms with Gasteiger partial charge in [0.1, 0.15) is 0 Å². The summed E-state index contributed by atoms with van der Waals surface area (Å²) in [5, 5.41) is 9.75. The second-order valence-corrected chi connectivity index (χ2v) is 7.41. The largest absolute Gasteiger partial charge is 0.493 e. The van der Waals surface area contributed by atoms with Crippen LogP contribution < -0.4 is 5.69 Å². The number of likely N-dealkylation sites (tertiary alicyclic amines) is 1. The van der Waals surface area contributed by atoms with E-state index in [1.807, 2.05) is 61.5 Å². The third kappa shape index (κ3) is 3.67. The molecule has 2 aromatic carbocycles. The Kier molecular flexibility index (Phi) is 4.73. The zero-order valence-corrected chi connectivity index (χ0v) is 16.0. The van der Waals surface area contributed by atoms with Crippen LogP contribution in [0.1, 0.15) is 35.7 Å². The number of carbonyl (C=O) groups is 1. The Labute approximate surface area is 168 Å². The van der Waals surface area contributed by atoms with Crippen LogP contribution in [0, 0.1) is 11.8 Å². The predicted octanol–water partition coefficient (Wildman–Crippen LogP) is 2.50. The third-order valence-corrected chi connectivity index (χ3v) is 5.42. The molecule has 1 fully saturated rings. The van der Waals surface area contributed by atoms with Gasteiger partial charge in [0.05, 0.1) is 17.7 Å². The van der Waals surface area contributed by atoms with Crippen molar-refractivity contribution in [3.05, 3.63) is 87.5 Å². The Hall–Kier alpha value is -3.72. The first-order valence-corrected chi connectivity index (χ1v) is 9.43. The highest BCUT2D eigenvalue weighted by Crippen LogP contribution is 2.36. The number of H-pyrrole nitrogens is 2. The quantitative estimate of drug-likeness (QED) is 0.603. The average Bonchev–Trinajstić information content (AvgIpc) is 3.21. The van der Waals surface area contributed by atoms with Crippen LogP contribution in [0.4, 0.5) is 0 Å². The first kappa shape index (κ1) is 18.6. The monoisotopic (exact) mass is 387 g/mol. The van der Waals surface area contributed by atoms with Crippen LogP contribution in [0.2, 0.25) is 0 Å². The highest BCUT2D eigenvalue weighted by Gasteiger charge is 2.44. The fourth-order valence-electron chi connectivity index (χ4n) is 3.64. The van der Waals surface area contributed by atoms with Gasteiger partial charge in [0.2, 0.25) is 11.8 Å². The maximum atomic E-state index is 13.1. The first-order valence-electron chi connectivity index (χ1n) is 9.43. The number of imidazole rings is 1. The van der Waals surface area contributed by atoms with Gasteiger partial charge in [-0.25, -0.2) is 4.79 Å². The Morgan fingerprint density at radius 3 is 2.28 bits per heavy atom. The number of nitrogens with zero attached hydrogens (tertiary/aromatic N) is 1. The van der Waals surface area contributed by atoms with Crippen molar-refractivity contribution in [1.29, 1.82) is 0 Å². The first-order chi connectivity index (χ1) is 14.0. The highest BCUT2D eigenvalue weighted by atomic mass is 16.3. The maximum absolute atomic E-state index is 13.1. The summed E-state index contributed by atoms with van der Waals surface area (Å²) in [6.07, 6.45) is 0.663. The molecule has 1 aliphatic rings. The van der Waals surface area contributed by atoms with Crippen LogP contribution >= 0.6 is 0 Å². The zero-order valence-electron chi connectivity index (χ0n) is 16.0. The number of benzene rings is 2. The van der Waals surface area contributed by atoms with Gasteiger partial charge in [-0.05, 0) is 43.2 Å². The molecule has 1 saturated heterocycles. The van der Waals surface area contributed by atoms with E-state index >= 15 is 0 Å². The lowest BCUT2D eigenvalue weighted by Crippen LogP contribution is -2.35. The van der Waals surface area contributed by atoms with Gasteiger partial charge in [0, 0.05) is 17.7 Å². The van der Waals surface area contributed by atoms with Crippen molar-refractivity contribution in [2.24, 2.45) is 0 Å². The Morgan fingerprint density at radius 2 is 1.66 bits per heavy atom. The Morgan fingerprint density at radius 1 is 1.00 bits per heavy atom. The lowest BCUT2D eigenvalue weighted by Gasteiger charge is -2.24. The topological polar surface area (TPSA) is 89.2 Å². The van der Waals surface area contributed by atoms with E-state index in [4.69, 9.17) is 0 Å². The molecule has 1 amide bonds. The molecule has 146 valence electrons. The van der Waals surface area contributed by atoms with E-state index in [1.165, 1.54) is 0 Å². The molecule has 0 bridgehead atoms. The fraction of sp³-hybridized carbons (Fsp3) is 0.217. The Balaban J connectivity index is 1.50. The molecule has 1 aliphatic heterocycles.